The summed E-state index contributed by atoms with van der Waals surface area (Å²) in [6, 6.07) is 5.33. The number of aromatic nitrogens is 2. The predicted octanol–water partition coefficient (Wildman–Crippen LogP) is 1.50. The summed E-state index contributed by atoms with van der Waals surface area (Å²) in [7, 11) is 1.19. The van der Waals surface area contributed by atoms with Crippen LogP contribution in [0.15, 0.2) is 36.8 Å². The number of hydrogen-bond donors (Lipinski definition) is 0. The summed E-state index contributed by atoms with van der Waals surface area (Å²) in [5.74, 6) is -0.217. The molecule has 1 saturated heterocycles. The Bertz CT molecular complexity index is 775. The summed E-state index contributed by atoms with van der Waals surface area (Å²) in [5.41, 5.74) is 0.654. The molecule has 0 radical (unpaired) electrons. The lowest BCUT2D eigenvalue weighted by atomic mass is 10.2. The van der Waals surface area contributed by atoms with E-state index in [1.807, 2.05) is 17.0 Å². The van der Waals surface area contributed by atoms with Gasteiger partial charge in [-0.15, -0.1) is 0 Å². The first kappa shape index (κ1) is 16.6. The summed E-state index contributed by atoms with van der Waals surface area (Å²) in [6.45, 7) is 2.92. The Kier molecular flexibility index (Phi) is 4.73. The van der Waals surface area contributed by atoms with Crippen LogP contribution in [-0.2, 0) is 4.74 Å². The second-order valence-electron chi connectivity index (χ2n) is 5.49. The smallest absolute Gasteiger partial charge is 0.345 e. The minimum absolute atomic E-state index is 0.0888. The maximum absolute atomic E-state index is 11.8. The molecule has 0 aromatic carbocycles. The molecular formula is C16H17N5O4. The SMILES string of the molecule is COC(=O)c1cc(N2CCN(c3ccncc3)CC2)ncc1[N+](=O)[O-]. The van der Waals surface area contributed by atoms with Crippen molar-refractivity contribution in [1.29, 1.82) is 0 Å². The van der Waals surface area contributed by atoms with E-state index in [1.165, 1.54) is 13.2 Å². The van der Waals surface area contributed by atoms with E-state index in [-0.39, 0.29) is 11.3 Å². The van der Waals surface area contributed by atoms with E-state index in [0.29, 0.717) is 18.9 Å². The van der Waals surface area contributed by atoms with Gasteiger partial charge in [-0.25, -0.2) is 9.78 Å². The summed E-state index contributed by atoms with van der Waals surface area (Å²) in [4.78, 5) is 34.6. The first-order valence-corrected chi connectivity index (χ1v) is 7.73. The Balaban J connectivity index is 1.77. The molecule has 1 fully saturated rings. The number of carbonyl (C=O) groups is 1. The van der Waals surface area contributed by atoms with Crippen LogP contribution in [0.25, 0.3) is 0 Å². The molecule has 2 aromatic rings. The highest BCUT2D eigenvalue weighted by molar-refractivity contribution is 5.94. The van der Waals surface area contributed by atoms with E-state index in [0.717, 1.165) is 25.0 Å². The number of methoxy groups -OCH3 is 1. The molecule has 0 spiro atoms. The van der Waals surface area contributed by atoms with Gasteiger partial charge in [-0.1, -0.05) is 0 Å². The van der Waals surface area contributed by atoms with Crippen molar-refractivity contribution in [2.75, 3.05) is 43.1 Å². The monoisotopic (exact) mass is 343 g/mol. The zero-order valence-corrected chi connectivity index (χ0v) is 13.7. The molecule has 9 heteroatoms. The Hall–Kier alpha value is -3.23. The normalized spacial score (nSPS) is 14.3. The van der Waals surface area contributed by atoms with Crippen LogP contribution in [0.5, 0.6) is 0 Å². The van der Waals surface area contributed by atoms with Crippen LogP contribution in [0.3, 0.4) is 0 Å². The van der Waals surface area contributed by atoms with Gasteiger partial charge in [0.15, 0.2) is 0 Å². The van der Waals surface area contributed by atoms with E-state index in [4.69, 9.17) is 0 Å². The fourth-order valence-electron chi connectivity index (χ4n) is 2.78. The number of nitrogens with zero attached hydrogens (tertiary/aromatic N) is 5. The maximum Gasteiger partial charge on any atom is 0.345 e. The molecule has 0 aliphatic carbocycles. The molecule has 1 aliphatic rings. The number of nitro groups is 1. The molecule has 1 aliphatic heterocycles. The summed E-state index contributed by atoms with van der Waals surface area (Å²) in [5, 5.41) is 11.1. The molecule has 3 rings (SSSR count). The molecule has 0 atom stereocenters. The first-order chi connectivity index (χ1) is 12.1. The average Bonchev–Trinajstić information content (AvgIpc) is 2.67. The predicted molar refractivity (Wildman–Crippen MR) is 90.9 cm³/mol. The van der Waals surface area contributed by atoms with Crippen molar-refractivity contribution in [2.45, 2.75) is 0 Å². The van der Waals surface area contributed by atoms with Crippen LogP contribution in [-0.4, -0.2) is 54.1 Å². The third-order valence-electron chi connectivity index (χ3n) is 4.10. The van der Waals surface area contributed by atoms with Gasteiger partial charge in [-0.05, 0) is 12.1 Å². The molecule has 0 unspecified atom stereocenters. The number of carbonyl (C=O) groups excluding carboxylic acids is 1. The molecule has 0 bridgehead atoms. The highest BCUT2D eigenvalue weighted by atomic mass is 16.6. The largest absolute Gasteiger partial charge is 0.465 e. The molecule has 0 amide bonds. The highest BCUT2D eigenvalue weighted by Gasteiger charge is 2.25. The van der Waals surface area contributed by atoms with Gasteiger partial charge in [0, 0.05) is 50.3 Å². The van der Waals surface area contributed by atoms with Gasteiger partial charge in [-0.3, -0.25) is 15.1 Å². The minimum Gasteiger partial charge on any atom is -0.465 e. The van der Waals surface area contributed by atoms with Crippen molar-refractivity contribution in [1.82, 2.24) is 9.97 Å². The third-order valence-corrected chi connectivity index (χ3v) is 4.10. The van der Waals surface area contributed by atoms with Crippen LogP contribution < -0.4 is 9.80 Å². The molecule has 25 heavy (non-hydrogen) atoms. The summed E-state index contributed by atoms with van der Waals surface area (Å²) in [6.07, 6.45) is 4.61. The van der Waals surface area contributed by atoms with Gasteiger partial charge in [0.25, 0.3) is 0 Å². The highest BCUT2D eigenvalue weighted by Crippen LogP contribution is 2.24. The second kappa shape index (κ2) is 7.12. The van der Waals surface area contributed by atoms with Crippen molar-refractivity contribution in [3.05, 3.63) is 52.5 Å². The third kappa shape index (κ3) is 3.49. The van der Waals surface area contributed by atoms with E-state index in [9.17, 15) is 14.9 Å². The lowest BCUT2D eigenvalue weighted by Crippen LogP contribution is -2.46. The number of anilines is 2. The van der Waals surface area contributed by atoms with Gasteiger partial charge in [0.2, 0.25) is 0 Å². The van der Waals surface area contributed by atoms with Gasteiger partial charge in [0.1, 0.15) is 17.6 Å². The van der Waals surface area contributed by atoms with E-state index >= 15 is 0 Å². The van der Waals surface area contributed by atoms with Crippen LogP contribution >= 0.6 is 0 Å². The molecule has 3 heterocycles. The van der Waals surface area contributed by atoms with Gasteiger partial charge < -0.3 is 14.5 Å². The van der Waals surface area contributed by atoms with Crippen molar-refractivity contribution < 1.29 is 14.5 Å². The molecule has 9 nitrogen and oxygen atoms in total. The zero-order valence-electron chi connectivity index (χ0n) is 13.7. The summed E-state index contributed by atoms with van der Waals surface area (Å²) >= 11 is 0. The van der Waals surface area contributed by atoms with Gasteiger partial charge in [0.05, 0.1) is 12.0 Å². The lowest BCUT2D eigenvalue weighted by Gasteiger charge is -2.36. The van der Waals surface area contributed by atoms with Crippen molar-refractivity contribution in [3.63, 3.8) is 0 Å². The Labute approximate surface area is 144 Å². The molecule has 2 aromatic heterocycles. The van der Waals surface area contributed by atoms with Gasteiger partial charge in [-0.2, -0.15) is 0 Å². The quantitative estimate of drug-likeness (QED) is 0.467. The number of ether oxygens (including phenoxy) is 1. The van der Waals surface area contributed by atoms with E-state index < -0.39 is 10.9 Å². The van der Waals surface area contributed by atoms with Crippen molar-refractivity contribution >= 4 is 23.2 Å². The standard InChI is InChI=1S/C16H17N5O4/c1-25-16(22)13-10-15(18-11-14(13)21(23)24)20-8-6-19(7-9-20)12-2-4-17-5-3-12/h2-5,10-11H,6-9H2,1H3. The lowest BCUT2D eigenvalue weighted by molar-refractivity contribution is -0.385. The number of esters is 1. The fourth-order valence-corrected chi connectivity index (χ4v) is 2.78. The Morgan fingerprint density at radius 2 is 1.84 bits per heavy atom. The zero-order chi connectivity index (χ0) is 17.8. The average molecular weight is 343 g/mol. The first-order valence-electron chi connectivity index (χ1n) is 7.73. The van der Waals surface area contributed by atoms with Crippen LogP contribution in [0.4, 0.5) is 17.2 Å². The molecule has 0 N–H and O–H groups in total. The van der Waals surface area contributed by atoms with Crippen molar-refractivity contribution in [3.8, 4) is 0 Å². The second-order valence-corrected chi connectivity index (χ2v) is 5.49. The molecule has 0 saturated carbocycles. The summed E-state index contributed by atoms with van der Waals surface area (Å²) < 4.78 is 4.64. The van der Waals surface area contributed by atoms with Crippen LogP contribution in [0.1, 0.15) is 10.4 Å². The number of hydrogen-bond acceptors (Lipinski definition) is 8. The molecular weight excluding hydrogens is 326 g/mol. The molecule has 130 valence electrons. The maximum atomic E-state index is 11.8. The Morgan fingerprint density at radius 3 is 2.44 bits per heavy atom. The Morgan fingerprint density at radius 1 is 1.20 bits per heavy atom. The van der Waals surface area contributed by atoms with E-state index in [2.05, 4.69) is 19.6 Å². The van der Waals surface area contributed by atoms with E-state index in [1.54, 1.807) is 12.4 Å². The number of piperazine rings is 1. The van der Waals surface area contributed by atoms with Crippen molar-refractivity contribution in [2.24, 2.45) is 0 Å². The minimum atomic E-state index is -0.745. The van der Waals surface area contributed by atoms with Gasteiger partial charge >= 0.3 is 11.7 Å². The van der Waals surface area contributed by atoms with Crippen LogP contribution in [0, 0.1) is 10.1 Å². The topological polar surface area (TPSA) is 102 Å². The number of pyridine rings is 2. The van der Waals surface area contributed by atoms with Crippen LogP contribution in [0.2, 0.25) is 0 Å². The fraction of sp³-hybridized carbons (Fsp3) is 0.312. The number of rotatable bonds is 4.